The fourth-order valence-corrected chi connectivity index (χ4v) is 2.18. The molecule has 144 valence electrons. The Labute approximate surface area is 167 Å². The van der Waals surface area contributed by atoms with E-state index >= 15 is 0 Å². The highest BCUT2D eigenvalue weighted by molar-refractivity contribution is 14.0. The van der Waals surface area contributed by atoms with Crippen molar-refractivity contribution in [1.29, 1.82) is 0 Å². The van der Waals surface area contributed by atoms with E-state index < -0.39 is 0 Å². The number of halogens is 1. The predicted molar refractivity (Wildman–Crippen MR) is 109 cm³/mol. The summed E-state index contributed by atoms with van der Waals surface area (Å²) in [4.78, 5) is 19.7. The number of aromatic nitrogens is 1. The minimum Gasteiger partial charge on any atom is -0.466 e. The van der Waals surface area contributed by atoms with Gasteiger partial charge in [-0.15, -0.1) is 24.0 Å². The smallest absolute Gasteiger partial charge is 0.305 e. The van der Waals surface area contributed by atoms with E-state index in [-0.39, 0.29) is 29.9 Å². The van der Waals surface area contributed by atoms with Crippen LogP contribution >= 0.6 is 24.0 Å². The molecule has 1 heterocycles. The topological polar surface area (TPSA) is 88.8 Å². The molecule has 1 aromatic heterocycles. The maximum absolute atomic E-state index is 11.2. The fraction of sp³-hybridized carbons (Fsp3) is 0.706. The number of rotatable bonds is 10. The van der Waals surface area contributed by atoms with Crippen LogP contribution in [0.4, 0.5) is 0 Å². The first-order valence-corrected chi connectivity index (χ1v) is 8.59. The summed E-state index contributed by atoms with van der Waals surface area (Å²) in [7, 11) is 1.74. The van der Waals surface area contributed by atoms with Gasteiger partial charge in [-0.2, -0.15) is 0 Å². The lowest BCUT2D eigenvalue weighted by atomic mass is 10.1. The average molecular weight is 466 g/mol. The molecular formula is C17H31IN4O3. The van der Waals surface area contributed by atoms with Gasteiger partial charge in [0, 0.05) is 20.0 Å². The van der Waals surface area contributed by atoms with Gasteiger partial charge < -0.3 is 19.8 Å². The van der Waals surface area contributed by atoms with Gasteiger partial charge in [-0.3, -0.25) is 9.79 Å². The molecule has 0 amide bonds. The van der Waals surface area contributed by atoms with Crippen molar-refractivity contribution in [3.8, 4) is 0 Å². The summed E-state index contributed by atoms with van der Waals surface area (Å²) >= 11 is 0. The number of oxazole rings is 1. The number of carbonyl (C=O) groups is 1. The second-order valence-electron chi connectivity index (χ2n) is 5.57. The summed E-state index contributed by atoms with van der Waals surface area (Å²) in [5.74, 6) is 2.14. The lowest BCUT2D eigenvalue weighted by Crippen LogP contribution is -2.37. The van der Waals surface area contributed by atoms with Crippen LogP contribution in [-0.2, 0) is 16.1 Å². The molecule has 1 rings (SSSR count). The monoisotopic (exact) mass is 466 g/mol. The van der Waals surface area contributed by atoms with Crippen LogP contribution in [0.15, 0.2) is 9.41 Å². The second-order valence-corrected chi connectivity index (χ2v) is 5.57. The van der Waals surface area contributed by atoms with Gasteiger partial charge in [0.25, 0.3) is 0 Å². The third kappa shape index (κ3) is 10.3. The average Bonchev–Trinajstić information content (AvgIpc) is 2.88. The van der Waals surface area contributed by atoms with Crippen molar-refractivity contribution >= 4 is 35.9 Å². The van der Waals surface area contributed by atoms with Gasteiger partial charge in [0.05, 0.1) is 18.8 Å². The summed E-state index contributed by atoms with van der Waals surface area (Å²) in [6.07, 6.45) is 4.53. The summed E-state index contributed by atoms with van der Waals surface area (Å²) < 4.78 is 10.4. The van der Waals surface area contributed by atoms with Crippen molar-refractivity contribution < 1.29 is 13.9 Å². The zero-order chi connectivity index (χ0) is 17.8. The molecule has 7 nitrogen and oxygen atoms in total. The van der Waals surface area contributed by atoms with E-state index in [1.165, 1.54) is 0 Å². The molecule has 0 unspecified atom stereocenters. The van der Waals surface area contributed by atoms with E-state index in [1.807, 2.05) is 20.8 Å². The Morgan fingerprint density at radius 3 is 2.52 bits per heavy atom. The van der Waals surface area contributed by atoms with Crippen LogP contribution in [0, 0.1) is 13.8 Å². The lowest BCUT2D eigenvalue weighted by Gasteiger charge is -2.10. The summed E-state index contributed by atoms with van der Waals surface area (Å²) in [5.41, 5.74) is 0.914. The quantitative estimate of drug-likeness (QED) is 0.181. The number of nitrogens with one attached hydrogen (secondary N) is 2. The number of carbonyl (C=O) groups excluding carboxylic acids is 1. The highest BCUT2D eigenvalue weighted by Gasteiger charge is 2.06. The molecule has 0 aromatic carbocycles. The maximum Gasteiger partial charge on any atom is 0.305 e. The number of nitrogens with zero attached hydrogens (tertiary/aromatic N) is 2. The van der Waals surface area contributed by atoms with Crippen LogP contribution in [0.3, 0.4) is 0 Å². The molecule has 0 aliphatic carbocycles. The normalized spacial score (nSPS) is 11.0. The first-order chi connectivity index (χ1) is 11.6. The van der Waals surface area contributed by atoms with Crippen LogP contribution in [0.5, 0.6) is 0 Å². The standard InChI is InChI=1S/C17H30N4O3.HI/c1-5-23-16(22)10-8-6-7-9-11-19-17(18-4)20-12-15-21-13(2)14(3)24-15;/h5-12H2,1-4H3,(H2,18,19,20);1H. The lowest BCUT2D eigenvalue weighted by molar-refractivity contribution is -0.143. The van der Waals surface area contributed by atoms with Gasteiger partial charge in [-0.1, -0.05) is 12.8 Å². The molecular weight excluding hydrogens is 435 g/mol. The number of aryl methyl sites for hydroxylation is 2. The van der Waals surface area contributed by atoms with Gasteiger partial charge in [0.15, 0.2) is 5.96 Å². The number of hydrogen-bond donors (Lipinski definition) is 2. The summed E-state index contributed by atoms with van der Waals surface area (Å²) in [6, 6.07) is 0. The zero-order valence-electron chi connectivity index (χ0n) is 15.7. The Morgan fingerprint density at radius 2 is 1.92 bits per heavy atom. The largest absolute Gasteiger partial charge is 0.466 e. The molecule has 0 fully saturated rings. The summed E-state index contributed by atoms with van der Waals surface area (Å²) in [6.45, 7) is 7.46. The van der Waals surface area contributed by atoms with Gasteiger partial charge >= 0.3 is 5.97 Å². The Morgan fingerprint density at radius 1 is 1.20 bits per heavy atom. The molecule has 1 aromatic rings. The molecule has 0 aliphatic rings. The molecule has 25 heavy (non-hydrogen) atoms. The van der Waals surface area contributed by atoms with Gasteiger partial charge in [0.1, 0.15) is 5.76 Å². The number of unbranched alkanes of at least 4 members (excludes halogenated alkanes) is 3. The third-order valence-corrected chi connectivity index (χ3v) is 3.61. The van der Waals surface area contributed by atoms with E-state index in [0.29, 0.717) is 25.5 Å². The predicted octanol–water partition coefficient (Wildman–Crippen LogP) is 3.09. The Hall–Kier alpha value is -1.32. The Bertz CT molecular complexity index is 512. The second kappa shape index (κ2) is 13.9. The van der Waals surface area contributed by atoms with Crippen LogP contribution in [-0.4, -0.2) is 37.1 Å². The molecule has 8 heteroatoms. The number of aliphatic imine (C=N–C) groups is 1. The first-order valence-electron chi connectivity index (χ1n) is 8.59. The molecule has 0 saturated heterocycles. The van der Waals surface area contributed by atoms with Gasteiger partial charge in [-0.25, -0.2) is 4.98 Å². The van der Waals surface area contributed by atoms with Crippen molar-refractivity contribution in [2.75, 3.05) is 20.2 Å². The Balaban J connectivity index is 0.00000576. The van der Waals surface area contributed by atoms with Crippen LogP contribution in [0.1, 0.15) is 56.4 Å². The molecule has 0 atom stereocenters. The van der Waals surface area contributed by atoms with E-state index in [4.69, 9.17) is 9.15 Å². The number of hydrogen-bond acceptors (Lipinski definition) is 5. The fourth-order valence-electron chi connectivity index (χ4n) is 2.18. The van der Waals surface area contributed by atoms with Crippen molar-refractivity contribution in [3.05, 3.63) is 17.3 Å². The molecule has 0 radical (unpaired) electrons. The third-order valence-electron chi connectivity index (χ3n) is 3.61. The van der Waals surface area contributed by atoms with Crippen molar-refractivity contribution in [3.63, 3.8) is 0 Å². The van der Waals surface area contributed by atoms with Crippen molar-refractivity contribution in [2.45, 2.75) is 59.4 Å². The zero-order valence-corrected chi connectivity index (χ0v) is 18.0. The minimum atomic E-state index is -0.0998. The number of esters is 1. The van der Waals surface area contributed by atoms with Crippen LogP contribution in [0.25, 0.3) is 0 Å². The highest BCUT2D eigenvalue weighted by atomic mass is 127. The van der Waals surface area contributed by atoms with E-state index in [0.717, 1.165) is 49.6 Å². The van der Waals surface area contributed by atoms with Crippen molar-refractivity contribution in [2.24, 2.45) is 4.99 Å². The maximum atomic E-state index is 11.2. The molecule has 0 spiro atoms. The number of ether oxygens (including phenoxy) is 1. The van der Waals surface area contributed by atoms with Crippen LogP contribution in [0.2, 0.25) is 0 Å². The van der Waals surface area contributed by atoms with Crippen molar-refractivity contribution in [1.82, 2.24) is 15.6 Å². The number of guanidine groups is 1. The molecule has 2 N–H and O–H groups in total. The highest BCUT2D eigenvalue weighted by Crippen LogP contribution is 2.07. The first kappa shape index (κ1) is 23.7. The van der Waals surface area contributed by atoms with Gasteiger partial charge in [-0.05, 0) is 33.6 Å². The molecule has 0 bridgehead atoms. The minimum absolute atomic E-state index is 0. The van der Waals surface area contributed by atoms with Gasteiger partial charge in [0.2, 0.25) is 5.89 Å². The SMILES string of the molecule is CCOC(=O)CCCCCCNC(=NC)NCc1nc(C)c(C)o1.I. The van der Waals surface area contributed by atoms with E-state index in [9.17, 15) is 4.79 Å². The van der Waals surface area contributed by atoms with E-state index in [1.54, 1.807) is 7.05 Å². The molecule has 0 aliphatic heterocycles. The van der Waals surface area contributed by atoms with Crippen LogP contribution < -0.4 is 10.6 Å². The molecule has 0 saturated carbocycles. The Kier molecular flexibility index (Phi) is 13.2. The van der Waals surface area contributed by atoms with E-state index in [2.05, 4.69) is 20.6 Å². The summed E-state index contributed by atoms with van der Waals surface area (Å²) in [5, 5.41) is 6.44.